The molecule has 1 heterocycles. The number of benzene rings is 2. The number of aryl methyl sites for hydroxylation is 2. The Hall–Kier alpha value is -1.16. The van der Waals surface area contributed by atoms with Crippen molar-refractivity contribution in [3.63, 3.8) is 0 Å². The molecular formula is C22H28BrNO. The summed E-state index contributed by atoms with van der Waals surface area (Å²) in [6.07, 6.45) is 2.74. The second-order valence-corrected chi connectivity index (χ2v) is 8.11. The van der Waals surface area contributed by atoms with Crippen molar-refractivity contribution in [1.82, 2.24) is 4.90 Å². The van der Waals surface area contributed by atoms with Gasteiger partial charge in [-0.2, -0.15) is 0 Å². The normalized spacial score (nSPS) is 17.4. The smallest absolute Gasteiger partial charge is 0.0703 e. The molecule has 1 saturated heterocycles. The maximum Gasteiger partial charge on any atom is 0.0703 e. The molecule has 134 valence electrons. The summed E-state index contributed by atoms with van der Waals surface area (Å²) in [7, 11) is 0. The SMILES string of the molecule is Cc1ccc(CN(Cc2cccc(C)c2C)CC2CCCO2)c(Br)c1. The van der Waals surface area contributed by atoms with Crippen LogP contribution in [-0.2, 0) is 17.8 Å². The van der Waals surface area contributed by atoms with Crippen LogP contribution in [0.5, 0.6) is 0 Å². The average Bonchev–Trinajstić information content (AvgIpc) is 3.07. The van der Waals surface area contributed by atoms with Gasteiger partial charge in [-0.15, -0.1) is 0 Å². The molecule has 0 spiro atoms. The lowest BCUT2D eigenvalue weighted by molar-refractivity contribution is 0.0677. The van der Waals surface area contributed by atoms with E-state index in [9.17, 15) is 0 Å². The minimum Gasteiger partial charge on any atom is -0.377 e. The van der Waals surface area contributed by atoms with Crippen LogP contribution in [0.15, 0.2) is 40.9 Å². The van der Waals surface area contributed by atoms with Gasteiger partial charge in [-0.25, -0.2) is 0 Å². The van der Waals surface area contributed by atoms with Crippen LogP contribution in [0.4, 0.5) is 0 Å². The Morgan fingerprint density at radius 3 is 2.60 bits per heavy atom. The van der Waals surface area contributed by atoms with Crippen molar-refractivity contribution in [2.75, 3.05) is 13.2 Å². The summed E-state index contributed by atoms with van der Waals surface area (Å²) in [6.45, 7) is 10.4. The third-order valence-electron chi connectivity index (χ3n) is 5.20. The number of nitrogens with zero attached hydrogens (tertiary/aromatic N) is 1. The summed E-state index contributed by atoms with van der Waals surface area (Å²) in [5.74, 6) is 0. The van der Waals surface area contributed by atoms with Gasteiger partial charge in [-0.1, -0.05) is 46.3 Å². The fourth-order valence-electron chi connectivity index (χ4n) is 3.51. The Morgan fingerprint density at radius 1 is 1.08 bits per heavy atom. The van der Waals surface area contributed by atoms with Gasteiger partial charge in [-0.05, 0) is 67.5 Å². The number of hydrogen-bond donors (Lipinski definition) is 0. The molecule has 1 unspecified atom stereocenters. The predicted octanol–water partition coefficient (Wildman–Crippen LogP) is 5.56. The second kappa shape index (κ2) is 8.48. The zero-order valence-corrected chi connectivity index (χ0v) is 17.1. The molecule has 2 aromatic rings. The third-order valence-corrected chi connectivity index (χ3v) is 5.94. The predicted molar refractivity (Wildman–Crippen MR) is 108 cm³/mol. The zero-order valence-electron chi connectivity index (χ0n) is 15.5. The number of rotatable bonds is 6. The standard InChI is InChI=1S/C22H28BrNO/c1-16-9-10-20(22(23)12-16)14-24(15-21-8-5-11-25-21)13-19-7-4-6-17(2)18(19)3/h4,6-7,9-10,12,21H,5,8,11,13-15H2,1-3H3. The van der Waals surface area contributed by atoms with Gasteiger partial charge in [0.05, 0.1) is 6.10 Å². The molecule has 0 aromatic heterocycles. The third kappa shape index (κ3) is 4.93. The first kappa shape index (κ1) is 18.6. The minimum atomic E-state index is 0.370. The van der Waals surface area contributed by atoms with Crippen molar-refractivity contribution in [1.29, 1.82) is 0 Å². The second-order valence-electron chi connectivity index (χ2n) is 7.26. The van der Waals surface area contributed by atoms with Crippen LogP contribution in [0.2, 0.25) is 0 Å². The first-order valence-corrected chi connectivity index (χ1v) is 9.96. The van der Waals surface area contributed by atoms with Gasteiger partial charge >= 0.3 is 0 Å². The highest BCUT2D eigenvalue weighted by Gasteiger charge is 2.20. The molecule has 1 fully saturated rings. The summed E-state index contributed by atoms with van der Waals surface area (Å²) in [5, 5.41) is 0. The van der Waals surface area contributed by atoms with E-state index in [0.717, 1.165) is 26.2 Å². The van der Waals surface area contributed by atoms with Gasteiger partial charge in [0, 0.05) is 30.7 Å². The zero-order chi connectivity index (χ0) is 17.8. The quantitative estimate of drug-likeness (QED) is 0.628. The van der Waals surface area contributed by atoms with Gasteiger partial charge in [0.2, 0.25) is 0 Å². The number of ether oxygens (including phenoxy) is 1. The van der Waals surface area contributed by atoms with E-state index < -0.39 is 0 Å². The first-order chi connectivity index (χ1) is 12.0. The molecule has 1 aliphatic heterocycles. The molecule has 3 heteroatoms. The van der Waals surface area contributed by atoms with Crippen LogP contribution < -0.4 is 0 Å². The lowest BCUT2D eigenvalue weighted by Crippen LogP contribution is -2.32. The van der Waals surface area contributed by atoms with Crippen molar-refractivity contribution in [2.24, 2.45) is 0 Å². The molecular weight excluding hydrogens is 374 g/mol. The van der Waals surface area contributed by atoms with Gasteiger partial charge in [0.1, 0.15) is 0 Å². The van der Waals surface area contributed by atoms with E-state index in [1.54, 1.807) is 0 Å². The Labute approximate surface area is 160 Å². The topological polar surface area (TPSA) is 12.5 Å². The monoisotopic (exact) mass is 401 g/mol. The molecule has 1 atom stereocenters. The Kier molecular flexibility index (Phi) is 6.32. The van der Waals surface area contributed by atoms with E-state index in [4.69, 9.17) is 4.74 Å². The lowest BCUT2D eigenvalue weighted by Gasteiger charge is -2.27. The van der Waals surface area contributed by atoms with Crippen molar-refractivity contribution in [3.8, 4) is 0 Å². The van der Waals surface area contributed by atoms with Gasteiger partial charge in [-0.3, -0.25) is 4.90 Å². The van der Waals surface area contributed by atoms with E-state index in [-0.39, 0.29) is 0 Å². The molecule has 0 N–H and O–H groups in total. The van der Waals surface area contributed by atoms with Crippen LogP contribution in [0.1, 0.15) is 40.7 Å². The molecule has 0 amide bonds. The maximum absolute atomic E-state index is 5.91. The minimum absolute atomic E-state index is 0.370. The molecule has 0 bridgehead atoms. The van der Waals surface area contributed by atoms with Crippen molar-refractivity contribution < 1.29 is 4.74 Å². The van der Waals surface area contributed by atoms with Crippen LogP contribution in [-0.4, -0.2) is 24.2 Å². The largest absolute Gasteiger partial charge is 0.377 e. The van der Waals surface area contributed by atoms with Crippen LogP contribution in [0.3, 0.4) is 0 Å². The summed E-state index contributed by atoms with van der Waals surface area (Å²) in [5.41, 5.74) is 6.82. The van der Waals surface area contributed by atoms with Gasteiger partial charge < -0.3 is 4.74 Å². The Bertz CT molecular complexity index is 722. The highest BCUT2D eigenvalue weighted by atomic mass is 79.9. The molecule has 0 saturated carbocycles. The summed E-state index contributed by atoms with van der Waals surface area (Å²) in [6, 6.07) is 13.3. The highest BCUT2D eigenvalue weighted by Crippen LogP contribution is 2.24. The van der Waals surface area contributed by atoms with Gasteiger partial charge in [0.15, 0.2) is 0 Å². The average molecular weight is 402 g/mol. The van der Waals surface area contributed by atoms with Crippen LogP contribution in [0.25, 0.3) is 0 Å². The fraction of sp³-hybridized carbons (Fsp3) is 0.455. The van der Waals surface area contributed by atoms with Crippen LogP contribution in [0, 0.1) is 20.8 Å². The highest BCUT2D eigenvalue weighted by molar-refractivity contribution is 9.10. The van der Waals surface area contributed by atoms with E-state index >= 15 is 0 Å². The van der Waals surface area contributed by atoms with E-state index in [0.29, 0.717) is 6.10 Å². The van der Waals surface area contributed by atoms with E-state index in [2.05, 4.69) is 78.0 Å². The molecule has 2 nitrogen and oxygen atoms in total. The summed E-state index contributed by atoms with van der Waals surface area (Å²) >= 11 is 3.74. The fourth-order valence-corrected chi connectivity index (χ4v) is 4.13. The summed E-state index contributed by atoms with van der Waals surface area (Å²) in [4.78, 5) is 2.53. The van der Waals surface area contributed by atoms with Crippen molar-refractivity contribution in [2.45, 2.75) is 52.8 Å². The van der Waals surface area contributed by atoms with E-state index in [1.165, 1.54) is 45.1 Å². The lowest BCUT2D eigenvalue weighted by atomic mass is 10.0. The Balaban J connectivity index is 1.79. The number of halogens is 1. The van der Waals surface area contributed by atoms with Crippen molar-refractivity contribution in [3.05, 3.63) is 68.7 Å². The molecule has 3 rings (SSSR count). The molecule has 25 heavy (non-hydrogen) atoms. The molecule has 2 aromatic carbocycles. The van der Waals surface area contributed by atoms with E-state index in [1.807, 2.05) is 0 Å². The van der Waals surface area contributed by atoms with Crippen LogP contribution >= 0.6 is 15.9 Å². The Morgan fingerprint density at radius 2 is 1.88 bits per heavy atom. The molecule has 0 radical (unpaired) electrons. The number of hydrogen-bond acceptors (Lipinski definition) is 2. The molecule has 1 aliphatic rings. The van der Waals surface area contributed by atoms with Gasteiger partial charge in [0.25, 0.3) is 0 Å². The first-order valence-electron chi connectivity index (χ1n) is 9.17. The molecule has 0 aliphatic carbocycles. The summed E-state index contributed by atoms with van der Waals surface area (Å²) < 4.78 is 7.11. The maximum atomic E-state index is 5.91. The van der Waals surface area contributed by atoms with Crippen molar-refractivity contribution >= 4 is 15.9 Å².